The van der Waals surface area contributed by atoms with Crippen molar-refractivity contribution in [1.82, 2.24) is 30.0 Å². The van der Waals surface area contributed by atoms with Crippen LogP contribution in [0, 0.1) is 13.8 Å². The number of para-hydroxylation sites is 1. The van der Waals surface area contributed by atoms with Gasteiger partial charge >= 0.3 is 0 Å². The lowest BCUT2D eigenvalue weighted by Crippen LogP contribution is -2.44. The van der Waals surface area contributed by atoms with E-state index in [1.165, 1.54) is 24.2 Å². The monoisotopic (exact) mass is 636 g/mol. The van der Waals surface area contributed by atoms with Crippen molar-refractivity contribution in [3.05, 3.63) is 89.6 Å². The molecular weight excluding hydrogens is 597 g/mol. The molecule has 0 bridgehead atoms. The van der Waals surface area contributed by atoms with Crippen molar-refractivity contribution in [2.75, 3.05) is 37.3 Å². The molecule has 2 fully saturated rings. The number of aryl methyl sites for hydroxylation is 2. The van der Waals surface area contributed by atoms with E-state index < -0.39 is 0 Å². The van der Waals surface area contributed by atoms with Crippen LogP contribution < -0.4 is 10.6 Å². The van der Waals surface area contributed by atoms with Gasteiger partial charge in [0.25, 0.3) is 5.91 Å². The van der Waals surface area contributed by atoms with Gasteiger partial charge in [-0.2, -0.15) is 5.10 Å². The third kappa shape index (κ3) is 7.78. The third-order valence-electron chi connectivity index (χ3n) is 8.40. The van der Waals surface area contributed by atoms with Crippen LogP contribution in [0.3, 0.4) is 0 Å². The van der Waals surface area contributed by atoms with Crippen LogP contribution in [-0.2, 0) is 4.79 Å². The summed E-state index contributed by atoms with van der Waals surface area (Å²) < 4.78 is 1.07. The summed E-state index contributed by atoms with van der Waals surface area (Å²) in [4.78, 5) is 37.6. The van der Waals surface area contributed by atoms with E-state index in [1.54, 1.807) is 12.3 Å². The molecule has 2 aliphatic rings. The van der Waals surface area contributed by atoms with Crippen molar-refractivity contribution in [1.29, 1.82) is 0 Å². The number of carbonyl (C=O) groups excluding carboxylic acids is 2. The van der Waals surface area contributed by atoms with Crippen LogP contribution in [0.1, 0.15) is 47.2 Å². The quantitative estimate of drug-likeness (QED) is 0.174. The maximum absolute atomic E-state index is 12.5. The van der Waals surface area contributed by atoms with Crippen LogP contribution in [-0.4, -0.2) is 80.5 Å². The number of anilines is 2. The summed E-state index contributed by atoms with van der Waals surface area (Å²) in [6.45, 7) is 6.43. The number of aromatic nitrogens is 4. The van der Waals surface area contributed by atoms with E-state index in [0.717, 1.165) is 70.2 Å². The molecular formula is C35H40N8O2S. The Hall–Kier alpha value is -4.61. The first-order valence-corrected chi connectivity index (χ1v) is 16.6. The van der Waals surface area contributed by atoms with Gasteiger partial charge < -0.3 is 10.2 Å². The molecule has 1 aliphatic heterocycles. The summed E-state index contributed by atoms with van der Waals surface area (Å²) in [5, 5.41) is 15.4. The number of likely N-dealkylation sites (N-methyl/N-ethyl adjacent to an activating group) is 1. The summed E-state index contributed by atoms with van der Waals surface area (Å²) in [6, 6.07) is 18.2. The average molecular weight is 637 g/mol. The van der Waals surface area contributed by atoms with E-state index in [4.69, 9.17) is 0 Å². The highest BCUT2D eigenvalue weighted by Crippen LogP contribution is 2.27. The number of hydrogen-bond acceptors (Lipinski definition) is 8. The Labute approximate surface area is 272 Å². The zero-order valence-corrected chi connectivity index (χ0v) is 27.3. The number of nitrogens with one attached hydrogen (secondary N) is 3. The summed E-state index contributed by atoms with van der Waals surface area (Å²) in [5.41, 5.74) is 4.62. The van der Waals surface area contributed by atoms with E-state index in [-0.39, 0.29) is 17.9 Å². The molecule has 1 saturated heterocycles. The molecule has 1 saturated carbocycles. The summed E-state index contributed by atoms with van der Waals surface area (Å²) in [6.07, 6.45) is 10.1. The number of amides is 2. The first kappa shape index (κ1) is 31.4. The number of carbonyl (C=O) groups is 2. The molecule has 1 aliphatic carbocycles. The van der Waals surface area contributed by atoms with Crippen LogP contribution in [0.4, 0.5) is 10.9 Å². The first-order valence-electron chi connectivity index (χ1n) is 15.8. The van der Waals surface area contributed by atoms with Gasteiger partial charge in [-0.1, -0.05) is 47.2 Å². The second-order valence-electron chi connectivity index (χ2n) is 12.1. The fourth-order valence-electron chi connectivity index (χ4n) is 5.59. The third-order valence-corrected chi connectivity index (χ3v) is 9.35. The maximum atomic E-state index is 12.5. The summed E-state index contributed by atoms with van der Waals surface area (Å²) in [7, 11) is 2.12. The molecule has 238 valence electrons. The predicted octanol–water partition coefficient (Wildman–Crippen LogP) is 6.18. The zero-order valence-electron chi connectivity index (χ0n) is 26.5. The topological polar surface area (TPSA) is 119 Å². The van der Waals surface area contributed by atoms with Crippen molar-refractivity contribution >= 4 is 55.4 Å². The number of pyridine rings is 1. The lowest BCUT2D eigenvalue weighted by atomic mass is 10.1. The Morgan fingerprint density at radius 1 is 1.09 bits per heavy atom. The van der Waals surface area contributed by atoms with Crippen molar-refractivity contribution in [3.63, 3.8) is 0 Å². The molecule has 10 nitrogen and oxygen atoms in total. The number of nitrogens with zero attached hydrogens (tertiary/aromatic N) is 5. The average Bonchev–Trinajstić information content (AvgIpc) is 3.71. The van der Waals surface area contributed by atoms with E-state index >= 15 is 0 Å². The van der Waals surface area contributed by atoms with E-state index in [9.17, 15) is 9.59 Å². The first-order chi connectivity index (χ1) is 22.3. The SMILES string of the molecule is Cc1ccc(C(=O)Nc2nc3ccccc3s2)cc1.Cc1ccnc2[nH]nc(NC3CCCN(C(=O)/C=C/CN(C)C4CC4)C3)c12. The molecule has 0 radical (unpaired) electrons. The maximum Gasteiger partial charge on any atom is 0.257 e. The highest BCUT2D eigenvalue weighted by Gasteiger charge is 2.26. The Morgan fingerprint density at radius 3 is 2.67 bits per heavy atom. The van der Waals surface area contributed by atoms with Gasteiger partial charge in [0.05, 0.1) is 15.6 Å². The fraction of sp³-hybridized carbons (Fsp3) is 0.343. The molecule has 3 N–H and O–H groups in total. The van der Waals surface area contributed by atoms with Gasteiger partial charge in [0.2, 0.25) is 5.91 Å². The van der Waals surface area contributed by atoms with Crippen LogP contribution >= 0.6 is 11.3 Å². The van der Waals surface area contributed by atoms with Crippen LogP contribution in [0.25, 0.3) is 21.3 Å². The Morgan fingerprint density at radius 2 is 1.89 bits per heavy atom. The number of rotatable bonds is 8. The van der Waals surface area contributed by atoms with Crippen LogP contribution in [0.2, 0.25) is 0 Å². The normalized spacial score (nSPS) is 16.5. The molecule has 3 aromatic heterocycles. The second kappa shape index (κ2) is 14.2. The van der Waals surface area contributed by atoms with Crippen molar-refractivity contribution in [3.8, 4) is 0 Å². The zero-order chi connectivity index (χ0) is 32.0. The number of benzene rings is 2. The predicted molar refractivity (Wildman–Crippen MR) is 185 cm³/mol. The molecule has 11 heteroatoms. The number of likely N-dealkylation sites (tertiary alicyclic amines) is 1. The summed E-state index contributed by atoms with van der Waals surface area (Å²) in [5.74, 6) is 0.811. The van der Waals surface area contributed by atoms with Crippen molar-refractivity contribution < 1.29 is 9.59 Å². The number of H-pyrrole nitrogens is 1. The Bertz CT molecular complexity index is 1810. The molecule has 1 atom stereocenters. The minimum atomic E-state index is -0.126. The lowest BCUT2D eigenvalue weighted by Gasteiger charge is -2.32. The standard InChI is InChI=1S/C20H28N6O.C15H12N2OS/c1-14-9-10-21-19-18(14)20(24-23-19)22-15-5-3-12-26(13-15)17(27)6-4-11-25(2)16-7-8-16;1-10-6-8-11(9-7-10)14(18)17-15-16-12-4-2-3-5-13(12)19-15/h4,6,9-10,15-16H,3,5,7-8,11-13H2,1-2H3,(H2,21,22,23,24);2-9H,1H3,(H,16,17,18)/b6-4+;. The molecule has 1 unspecified atom stereocenters. The van der Waals surface area contributed by atoms with E-state index in [1.807, 2.05) is 72.5 Å². The number of aromatic amines is 1. The highest BCUT2D eigenvalue weighted by molar-refractivity contribution is 7.22. The number of fused-ring (bicyclic) bond motifs is 2. The van der Waals surface area contributed by atoms with Crippen molar-refractivity contribution in [2.45, 2.75) is 51.6 Å². The van der Waals surface area contributed by atoms with Gasteiger partial charge in [0.15, 0.2) is 16.6 Å². The smallest absolute Gasteiger partial charge is 0.257 e. The molecule has 0 spiro atoms. The summed E-state index contributed by atoms with van der Waals surface area (Å²) >= 11 is 1.48. The number of piperidine rings is 1. The number of hydrogen-bond donors (Lipinski definition) is 3. The highest BCUT2D eigenvalue weighted by atomic mass is 32.1. The van der Waals surface area contributed by atoms with E-state index in [2.05, 4.69) is 49.7 Å². The largest absolute Gasteiger partial charge is 0.364 e. The van der Waals surface area contributed by atoms with Gasteiger partial charge in [0, 0.05) is 49.6 Å². The van der Waals surface area contributed by atoms with Crippen LogP contribution in [0.15, 0.2) is 72.9 Å². The van der Waals surface area contributed by atoms with Gasteiger partial charge in [-0.05, 0) is 82.5 Å². The van der Waals surface area contributed by atoms with Gasteiger partial charge in [-0.15, -0.1) is 0 Å². The number of thiazole rings is 1. The minimum Gasteiger partial charge on any atom is -0.364 e. The lowest BCUT2D eigenvalue weighted by molar-refractivity contribution is -0.127. The second-order valence-corrected chi connectivity index (χ2v) is 13.1. The molecule has 2 aromatic carbocycles. The van der Waals surface area contributed by atoms with Crippen molar-refractivity contribution in [2.24, 2.45) is 0 Å². The van der Waals surface area contributed by atoms with Gasteiger partial charge in [-0.3, -0.25) is 24.9 Å². The molecule has 5 aromatic rings. The fourth-order valence-corrected chi connectivity index (χ4v) is 6.45. The Kier molecular flexibility index (Phi) is 9.70. The van der Waals surface area contributed by atoms with Crippen LogP contribution in [0.5, 0.6) is 0 Å². The Balaban J connectivity index is 0.000000172. The molecule has 7 rings (SSSR count). The van der Waals surface area contributed by atoms with E-state index in [0.29, 0.717) is 17.2 Å². The van der Waals surface area contributed by atoms with Gasteiger partial charge in [0.1, 0.15) is 0 Å². The molecule has 2 amide bonds. The molecule has 46 heavy (non-hydrogen) atoms. The minimum absolute atomic E-state index is 0.107. The van der Waals surface area contributed by atoms with Gasteiger partial charge in [-0.25, -0.2) is 9.97 Å². The molecule has 4 heterocycles.